The summed E-state index contributed by atoms with van der Waals surface area (Å²) in [5, 5.41) is 12.4. The molecule has 212 valence electrons. The van der Waals surface area contributed by atoms with Gasteiger partial charge >= 0.3 is 0 Å². The predicted molar refractivity (Wildman–Crippen MR) is 151 cm³/mol. The summed E-state index contributed by atoms with van der Waals surface area (Å²) in [5.74, 6) is 1.01. The van der Waals surface area contributed by atoms with E-state index < -0.39 is 17.5 Å². The highest BCUT2D eigenvalue weighted by Crippen LogP contribution is 2.39. The number of benzene rings is 2. The highest BCUT2D eigenvalue weighted by molar-refractivity contribution is 6.36. The van der Waals surface area contributed by atoms with Crippen molar-refractivity contribution in [3.8, 4) is 11.5 Å². The van der Waals surface area contributed by atoms with E-state index in [1.807, 2.05) is 17.0 Å². The van der Waals surface area contributed by atoms with E-state index >= 15 is 4.39 Å². The van der Waals surface area contributed by atoms with E-state index in [9.17, 15) is 9.90 Å². The van der Waals surface area contributed by atoms with Crippen molar-refractivity contribution in [3.63, 3.8) is 0 Å². The van der Waals surface area contributed by atoms with Crippen molar-refractivity contribution in [1.29, 1.82) is 0 Å². The molecule has 1 N–H and O–H groups in total. The lowest BCUT2D eigenvalue weighted by Crippen LogP contribution is -2.59. The molecule has 11 heteroatoms. The molecule has 2 aromatic carbocycles. The van der Waals surface area contributed by atoms with Gasteiger partial charge in [0.25, 0.3) is 0 Å². The van der Waals surface area contributed by atoms with Gasteiger partial charge in [-0.2, -0.15) is 0 Å². The summed E-state index contributed by atoms with van der Waals surface area (Å²) in [6.45, 7) is 0.921. The number of hydrogen-bond acceptors (Lipinski definition) is 7. The third-order valence-corrected chi connectivity index (χ3v) is 7.99. The summed E-state index contributed by atoms with van der Waals surface area (Å²) >= 11 is 12.3. The standard InChI is InChI=1S/C29H30Cl2FN3O5/c1-38-20-5-3-18(4-6-20)15-35-26(36)10-7-21-24(9-8-23(32)27(21)35)40-17-29(37)11-12-34(16-25(29)39-2)28-22(31)13-19(30)14-33-28/h3-6,8-9,13-14,25,37H,7,10-12,15-17H2,1-2H3/t25-,29-/m0/s1. The van der Waals surface area contributed by atoms with Gasteiger partial charge in [0.2, 0.25) is 5.91 Å². The number of aromatic nitrogens is 1. The molecule has 3 heterocycles. The molecule has 0 spiro atoms. The summed E-state index contributed by atoms with van der Waals surface area (Å²) in [4.78, 5) is 20.6. The van der Waals surface area contributed by atoms with Gasteiger partial charge in [-0.3, -0.25) is 4.79 Å². The normalized spacial score (nSPS) is 20.9. The Morgan fingerprint density at radius 3 is 2.62 bits per heavy atom. The Morgan fingerprint density at radius 1 is 1.15 bits per heavy atom. The van der Waals surface area contributed by atoms with Crippen LogP contribution in [0.25, 0.3) is 0 Å². The zero-order valence-electron chi connectivity index (χ0n) is 22.2. The van der Waals surface area contributed by atoms with E-state index in [0.717, 1.165) is 5.56 Å². The number of amides is 1. The number of hydrogen-bond donors (Lipinski definition) is 1. The minimum Gasteiger partial charge on any atom is -0.497 e. The molecule has 2 aliphatic rings. The number of fused-ring (bicyclic) bond motifs is 1. The summed E-state index contributed by atoms with van der Waals surface area (Å²) in [7, 11) is 3.11. The molecule has 2 atom stereocenters. The van der Waals surface area contributed by atoms with E-state index in [1.54, 1.807) is 31.4 Å². The molecule has 0 aliphatic carbocycles. The van der Waals surface area contributed by atoms with Gasteiger partial charge in [-0.15, -0.1) is 0 Å². The van der Waals surface area contributed by atoms with Crippen LogP contribution in [0.4, 0.5) is 15.9 Å². The Hall–Kier alpha value is -3.11. The maximum absolute atomic E-state index is 15.2. The van der Waals surface area contributed by atoms with Crippen molar-refractivity contribution in [3.05, 3.63) is 75.7 Å². The van der Waals surface area contributed by atoms with E-state index in [2.05, 4.69) is 4.98 Å². The van der Waals surface area contributed by atoms with Crippen molar-refractivity contribution in [2.45, 2.75) is 37.5 Å². The number of halogens is 3. The average Bonchev–Trinajstić information content (AvgIpc) is 2.95. The van der Waals surface area contributed by atoms with Crippen molar-refractivity contribution >= 4 is 40.6 Å². The Bertz CT molecular complexity index is 1390. The molecular formula is C29H30Cl2FN3O5. The zero-order chi connectivity index (χ0) is 28.4. The maximum Gasteiger partial charge on any atom is 0.227 e. The molecule has 0 radical (unpaired) electrons. The number of piperidine rings is 1. The highest BCUT2D eigenvalue weighted by Gasteiger charge is 2.44. The second kappa shape index (κ2) is 11.8. The zero-order valence-corrected chi connectivity index (χ0v) is 23.7. The average molecular weight is 590 g/mol. The maximum atomic E-state index is 15.2. The molecule has 2 aliphatic heterocycles. The first kappa shape index (κ1) is 28.4. The van der Waals surface area contributed by atoms with Crippen LogP contribution in [0.1, 0.15) is 24.0 Å². The minimum atomic E-state index is -1.32. The molecule has 0 saturated carbocycles. The van der Waals surface area contributed by atoms with Gasteiger partial charge in [-0.1, -0.05) is 35.3 Å². The van der Waals surface area contributed by atoms with E-state index in [4.69, 9.17) is 37.4 Å². The molecule has 8 nitrogen and oxygen atoms in total. The molecule has 1 amide bonds. The summed E-state index contributed by atoms with van der Waals surface area (Å²) in [5.41, 5.74) is 0.323. The summed E-state index contributed by atoms with van der Waals surface area (Å²) in [6.07, 6.45) is 1.78. The lowest BCUT2D eigenvalue weighted by molar-refractivity contribution is -0.123. The van der Waals surface area contributed by atoms with Gasteiger partial charge in [0.15, 0.2) is 0 Å². The van der Waals surface area contributed by atoms with Crippen LogP contribution in [0.2, 0.25) is 10.0 Å². The van der Waals surface area contributed by atoms with Crippen LogP contribution >= 0.6 is 23.2 Å². The van der Waals surface area contributed by atoms with E-state index in [-0.39, 0.29) is 31.2 Å². The van der Waals surface area contributed by atoms with Crippen molar-refractivity contribution in [2.24, 2.45) is 0 Å². The minimum absolute atomic E-state index is 0.0778. The van der Waals surface area contributed by atoms with Gasteiger partial charge in [0.05, 0.1) is 29.4 Å². The third kappa shape index (κ3) is 5.69. The van der Waals surface area contributed by atoms with Crippen LogP contribution in [-0.4, -0.2) is 61.6 Å². The van der Waals surface area contributed by atoms with Gasteiger partial charge in [-0.25, -0.2) is 9.37 Å². The Morgan fingerprint density at radius 2 is 1.93 bits per heavy atom. The number of methoxy groups -OCH3 is 2. The number of anilines is 2. The lowest BCUT2D eigenvalue weighted by Gasteiger charge is -2.44. The van der Waals surface area contributed by atoms with Crippen LogP contribution in [0.3, 0.4) is 0 Å². The largest absolute Gasteiger partial charge is 0.497 e. The van der Waals surface area contributed by atoms with Gasteiger partial charge in [0.1, 0.15) is 41.4 Å². The predicted octanol–water partition coefficient (Wildman–Crippen LogP) is 5.05. The van der Waals surface area contributed by atoms with Gasteiger partial charge in [0, 0.05) is 38.4 Å². The first-order valence-electron chi connectivity index (χ1n) is 12.9. The monoisotopic (exact) mass is 589 g/mol. The summed E-state index contributed by atoms with van der Waals surface area (Å²) < 4.78 is 32.2. The second-order valence-corrected chi connectivity index (χ2v) is 10.8. The number of aliphatic hydroxyl groups is 1. The van der Waals surface area contributed by atoms with E-state index in [0.29, 0.717) is 58.9 Å². The molecule has 1 fully saturated rings. The number of carbonyl (C=O) groups is 1. The fourth-order valence-corrected chi connectivity index (χ4v) is 5.77. The SMILES string of the molecule is COc1ccc(CN2C(=O)CCc3c(OC[C@@]4(O)CCN(c5ncc(Cl)cc5Cl)C[C@@H]4OC)ccc(F)c32)cc1. The van der Waals surface area contributed by atoms with Crippen LogP contribution in [0, 0.1) is 5.82 Å². The number of pyridine rings is 1. The first-order valence-corrected chi connectivity index (χ1v) is 13.7. The molecular weight excluding hydrogens is 560 g/mol. The van der Waals surface area contributed by atoms with Crippen molar-refractivity contribution < 1.29 is 28.5 Å². The van der Waals surface area contributed by atoms with Crippen LogP contribution < -0.4 is 19.3 Å². The van der Waals surface area contributed by atoms with Gasteiger partial charge in [-0.05, 0) is 48.7 Å². The smallest absolute Gasteiger partial charge is 0.227 e. The van der Waals surface area contributed by atoms with Crippen LogP contribution in [0.5, 0.6) is 11.5 Å². The summed E-state index contributed by atoms with van der Waals surface area (Å²) in [6, 6.07) is 11.8. The first-order chi connectivity index (χ1) is 19.2. The molecule has 1 saturated heterocycles. The highest BCUT2D eigenvalue weighted by atomic mass is 35.5. The quantitative estimate of drug-likeness (QED) is 0.393. The lowest BCUT2D eigenvalue weighted by atomic mass is 9.89. The number of rotatable bonds is 8. The van der Waals surface area contributed by atoms with Crippen molar-refractivity contribution in [1.82, 2.24) is 4.98 Å². The molecule has 0 unspecified atom stereocenters. The fraction of sp³-hybridized carbons (Fsp3) is 0.379. The Balaban J connectivity index is 1.34. The van der Waals surface area contributed by atoms with Crippen LogP contribution in [0.15, 0.2) is 48.7 Å². The number of nitrogens with zero attached hydrogens (tertiary/aromatic N) is 3. The van der Waals surface area contributed by atoms with Crippen LogP contribution in [-0.2, 0) is 22.5 Å². The Kier molecular flexibility index (Phi) is 8.37. The number of carbonyl (C=O) groups excluding carboxylic acids is 1. The fourth-order valence-electron chi connectivity index (χ4n) is 5.28. The Labute approximate surface area is 242 Å². The van der Waals surface area contributed by atoms with E-state index in [1.165, 1.54) is 24.3 Å². The third-order valence-electron chi connectivity index (χ3n) is 7.50. The molecule has 5 rings (SSSR count). The number of ether oxygens (including phenoxy) is 3. The molecule has 40 heavy (non-hydrogen) atoms. The molecule has 1 aromatic heterocycles. The molecule has 0 bridgehead atoms. The molecule has 3 aromatic rings. The van der Waals surface area contributed by atoms with Gasteiger partial charge < -0.3 is 29.1 Å². The second-order valence-electron chi connectivity index (χ2n) is 9.97. The van der Waals surface area contributed by atoms with Crippen molar-refractivity contribution in [2.75, 3.05) is 43.7 Å². The topological polar surface area (TPSA) is 84.4 Å².